The van der Waals surface area contributed by atoms with E-state index in [1.54, 1.807) is 30.3 Å². The highest BCUT2D eigenvalue weighted by Gasteiger charge is 2.16. The molecular weight excluding hydrogens is 392 g/mol. The molecule has 0 saturated heterocycles. The summed E-state index contributed by atoms with van der Waals surface area (Å²) < 4.78 is 4.76. The summed E-state index contributed by atoms with van der Waals surface area (Å²) >= 11 is 1.42. The van der Waals surface area contributed by atoms with Crippen molar-refractivity contribution in [3.63, 3.8) is 0 Å². The topological polar surface area (TPSA) is 107 Å². The number of benzene rings is 2. The molecule has 29 heavy (non-hydrogen) atoms. The van der Waals surface area contributed by atoms with Crippen LogP contribution in [0.1, 0.15) is 10.4 Å². The molecule has 0 aliphatic rings. The Kier molecular flexibility index (Phi) is 4.88. The van der Waals surface area contributed by atoms with Crippen molar-refractivity contribution in [2.24, 2.45) is 0 Å². The summed E-state index contributed by atoms with van der Waals surface area (Å²) in [5.74, 6) is 0.106. The van der Waals surface area contributed by atoms with Crippen LogP contribution in [-0.2, 0) is 4.74 Å². The van der Waals surface area contributed by atoms with Crippen LogP contribution >= 0.6 is 11.3 Å². The Morgan fingerprint density at radius 2 is 2.00 bits per heavy atom. The minimum absolute atomic E-state index is 0.0130. The molecule has 0 fully saturated rings. The second-order valence-corrected chi connectivity index (χ2v) is 6.91. The summed E-state index contributed by atoms with van der Waals surface area (Å²) in [4.78, 5) is 31.9. The van der Waals surface area contributed by atoms with Gasteiger partial charge in [-0.25, -0.2) is 14.8 Å². The zero-order valence-corrected chi connectivity index (χ0v) is 16.0. The van der Waals surface area contributed by atoms with Crippen LogP contribution < -0.4 is 5.32 Å². The van der Waals surface area contributed by atoms with Gasteiger partial charge in [-0.1, -0.05) is 18.2 Å². The summed E-state index contributed by atoms with van der Waals surface area (Å²) in [5.41, 5.74) is 2.57. The molecule has 1 N–H and O–H groups in total. The molecule has 0 atom stereocenters. The first-order chi connectivity index (χ1) is 14.1. The van der Waals surface area contributed by atoms with Crippen molar-refractivity contribution < 1.29 is 14.5 Å². The maximum atomic E-state index is 11.8. The van der Waals surface area contributed by atoms with Crippen molar-refractivity contribution in [1.82, 2.24) is 9.97 Å². The van der Waals surface area contributed by atoms with E-state index >= 15 is 0 Å². The van der Waals surface area contributed by atoms with Gasteiger partial charge in [-0.2, -0.15) is 0 Å². The Hall–Kier alpha value is -3.85. The van der Waals surface area contributed by atoms with E-state index in [0.717, 1.165) is 15.8 Å². The number of non-ortho nitro benzene ring substituents is 1. The van der Waals surface area contributed by atoms with E-state index in [1.807, 2.05) is 11.4 Å². The molecular formula is C20H14N4O4S. The van der Waals surface area contributed by atoms with Crippen LogP contribution in [0.25, 0.3) is 21.3 Å². The van der Waals surface area contributed by atoms with Crippen LogP contribution in [0, 0.1) is 10.1 Å². The first-order valence-corrected chi connectivity index (χ1v) is 9.37. The summed E-state index contributed by atoms with van der Waals surface area (Å²) in [6, 6.07) is 13.3. The number of thiophene rings is 1. The Morgan fingerprint density at radius 3 is 2.79 bits per heavy atom. The Bertz CT molecular complexity index is 1240. The molecule has 0 aliphatic carbocycles. The fourth-order valence-corrected chi connectivity index (χ4v) is 3.86. The van der Waals surface area contributed by atoms with E-state index in [1.165, 1.54) is 36.9 Å². The van der Waals surface area contributed by atoms with Crippen LogP contribution in [0.4, 0.5) is 17.2 Å². The normalized spacial score (nSPS) is 10.7. The highest BCUT2D eigenvalue weighted by atomic mass is 32.1. The van der Waals surface area contributed by atoms with Gasteiger partial charge in [0.15, 0.2) is 0 Å². The van der Waals surface area contributed by atoms with Gasteiger partial charge in [0.1, 0.15) is 17.0 Å². The lowest BCUT2D eigenvalue weighted by molar-refractivity contribution is -0.384. The number of hydrogen-bond donors (Lipinski definition) is 1. The molecule has 2 heterocycles. The molecule has 0 spiro atoms. The molecule has 2 aromatic carbocycles. The lowest BCUT2D eigenvalue weighted by Crippen LogP contribution is -2.02. The van der Waals surface area contributed by atoms with Crippen molar-refractivity contribution in [2.45, 2.75) is 0 Å². The molecule has 0 amide bonds. The van der Waals surface area contributed by atoms with Gasteiger partial charge in [0.05, 0.1) is 23.0 Å². The molecule has 0 unspecified atom stereocenters. The second-order valence-electron chi connectivity index (χ2n) is 6.06. The third kappa shape index (κ3) is 3.63. The van der Waals surface area contributed by atoms with Gasteiger partial charge in [-0.15, -0.1) is 11.3 Å². The molecule has 4 rings (SSSR count). The second kappa shape index (κ2) is 7.64. The zero-order valence-electron chi connectivity index (χ0n) is 15.2. The Balaban J connectivity index is 1.79. The predicted molar refractivity (Wildman–Crippen MR) is 111 cm³/mol. The van der Waals surface area contributed by atoms with Gasteiger partial charge in [0.2, 0.25) is 0 Å². The van der Waals surface area contributed by atoms with Gasteiger partial charge in [0, 0.05) is 28.8 Å². The number of nitro groups is 1. The van der Waals surface area contributed by atoms with Gasteiger partial charge >= 0.3 is 5.97 Å². The minimum Gasteiger partial charge on any atom is -0.465 e. The molecule has 4 aromatic rings. The fourth-order valence-electron chi connectivity index (χ4n) is 2.95. The van der Waals surface area contributed by atoms with Gasteiger partial charge in [0.25, 0.3) is 5.69 Å². The van der Waals surface area contributed by atoms with Crippen molar-refractivity contribution in [3.05, 3.63) is 75.9 Å². The predicted octanol–water partition coefficient (Wildman–Crippen LogP) is 4.80. The maximum absolute atomic E-state index is 11.8. The maximum Gasteiger partial charge on any atom is 0.337 e. The molecule has 0 bridgehead atoms. The number of hydrogen-bond acceptors (Lipinski definition) is 8. The van der Waals surface area contributed by atoms with E-state index in [2.05, 4.69) is 15.3 Å². The number of carbonyl (C=O) groups excluding carboxylic acids is 1. The molecule has 144 valence electrons. The number of nitro benzene ring substituents is 1. The van der Waals surface area contributed by atoms with Crippen LogP contribution in [0.15, 0.2) is 60.2 Å². The summed E-state index contributed by atoms with van der Waals surface area (Å²) in [7, 11) is 1.33. The lowest BCUT2D eigenvalue weighted by atomic mass is 10.1. The zero-order chi connectivity index (χ0) is 20.4. The van der Waals surface area contributed by atoms with Crippen molar-refractivity contribution in [3.8, 4) is 11.1 Å². The average Bonchev–Trinajstić information content (AvgIpc) is 3.19. The molecule has 0 radical (unpaired) electrons. The van der Waals surface area contributed by atoms with Gasteiger partial charge in [-0.05, 0) is 23.8 Å². The largest absolute Gasteiger partial charge is 0.465 e. The average molecular weight is 406 g/mol. The van der Waals surface area contributed by atoms with E-state index in [-0.39, 0.29) is 5.69 Å². The van der Waals surface area contributed by atoms with E-state index < -0.39 is 10.9 Å². The number of aromatic nitrogens is 2. The SMILES string of the molecule is COC(=O)c1cccc(Nc2ncnc3scc(-c4cccc([N+](=O)[O-])c4)c23)c1. The van der Waals surface area contributed by atoms with E-state index in [4.69, 9.17) is 4.74 Å². The Morgan fingerprint density at radius 1 is 1.17 bits per heavy atom. The lowest BCUT2D eigenvalue weighted by Gasteiger charge is -2.09. The number of nitrogens with one attached hydrogen (secondary N) is 1. The standard InChI is InChI=1S/C20H14N4O4S/c1-28-20(25)13-5-2-6-14(8-13)23-18-17-16(10-29-19(17)22-11-21-18)12-4-3-7-15(9-12)24(26)27/h2-11H,1H3,(H,21,22,23). The molecule has 0 aliphatic heterocycles. The number of anilines is 2. The van der Waals surface area contributed by atoms with Crippen LogP contribution in [0.5, 0.6) is 0 Å². The highest BCUT2D eigenvalue weighted by molar-refractivity contribution is 7.17. The third-order valence-electron chi connectivity index (χ3n) is 4.28. The smallest absolute Gasteiger partial charge is 0.337 e. The van der Waals surface area contributed by atoms with Crippen molar-refractivity contribution >= 4 is 44.7 Å². The summed E-state index contributed by atoms with van der Waals surface area (Å²) in [6.07, 6.45) is 1.45. The Labute approximate surface area is 169 Å². The van der Waals surface area contributed by atoms with Gasteiger partial charge in [-0.3, -0.25) is 10.1 Å². The van der Waals surface area contributed by atoms with Crippen molar-refractivity contribution in [2.75, 3.05) is 12.4 Å². The highest BCUT2D eigenvalue weighted by Crippen LogP contribution is 2.38. The van der Waals surface area contributed by atoms with E-state index in [0.29, 0.717) is 22.6 Å². The number of rotatable bonds is 5. The minimum atomic E-state index is -0.436. The fraction of sp³-hybridized carbons (Fsp3) is 0.0500. The number of esters is 1. The summed E-state index contributed by atoms with van der Waals surface area (Å²) in [6.45, 7) is 0. The van der Waals surface area contributed by atoms with Gasteiger partial charge < -0.3 is 10.1 Å². The van der Waals surface area contributed by atoms with E-state index in [9.17, 15) is 14.9 Å². The molecule has 2 aromatic heterocycles. The van der Waals surface area contributed by atoms with Crippen LogP contribution in [-0.4, -0.2) is 28.0 Å². The number of fused-ring (bicyclic) bond motifs is 1. The number of carbonyl (C=O) groups is 1. The molecule has 0 saturated carbocycles. The summed E-state index contributed by atoms with van der Waals surface area (Å²) in [5, 5.41) is 17.0. The van der Waals surface area contributed by atoms with Crippen molar-refractivity contribution in [1.29, 1.82) is 0 Å². The number of ether oxygens (including phenoxy) is 1. The molecule has 9 heteroatoms. The number of methoxy groups -OCH3 is 1. The van der Waals surface area contributed by atoms with Crippen LogP contribution in [0.3, 0.4) is 0 Å². The molecule has 8 nitrogen and oxygen atoms in total. The monoisotopic (exact) mass is 406 g/mol. The number of nitrogens with zero attached hydrogens (tertiary/aromatic N) is 3. The van der Waals surface area contributed by atoms with Crippen LogP contribution in [0.2, 0.25) is 0 Å². The quantitative estimate of drug-likeness (QED) is 0.288. The first kappa shape index (κ1) is 18.5. The first-order valence-electron chi connectivity index (χ1n) is 8.49. The third-order valence-corrected chi connectivity index (χ3v) is 5.17.